The van der Waals surface area contributed by atoms with Gasteiger partial charge in [0.25, 0.3) is 0 Å². The second kappa shape index (κ2) is 6.83. The van der Waals surface area contributed by atoms with E-state index in [0.29, 0.717) is 11.5 Å². The average Bonchev–Trinajstić information content (AvgIpc) is 3.34. The highest BCUT2D eigenvalue weighted by Gasteiger charge is 2.25. The van der Waals surface area contributed by atoms with E-state index in [1.807, 2.05) is 18.2 Å². The molecule has 0 fully saturated rings. The molecule has 6 nitrogen and oxygen atoms in total. The number of nitrogens with one attached hydrogen (secondary N) is 1. The first-order valence-corrected chi connectivity index (χ1v) is 9.22. The number of hydrogen-bond donors (Lipinski definition) is 1. The van der Waals surface area contributed by atoms with E-state index in [1.54, 1.807) is 13.2 Å². The fourth-order valence-corrected chi connectivity index (χ4v) is 3.89. The number of hydrogen-bond acceptors (Lipinski definition) is 5. The van der Waals surface area contributed by atoms with Gasteiger partial charge >= 0.3 is 0 Å². The molecular weight excluding hydrogens is 361 g/mol. The van der Waals surface area contributed by atoms with Crippen molar-refractivity contribution in [3.8, 4) is 28.5 Å². The molecule has 0 spiro atoms. The summed E-state index contributed by atoms with van der Waals surface area (Å²) in [7, 11) is 1.63. The predicted molar refractivity (Wildman–Crippen MR) is 101 cm³/mol. The molecule has 0 aliphatic carbocycles. The quantitative estimate of drug-likeness (QED) is 0.749. The summed E-state index contributed by atoms with van der Waals surface area (Å²) in [4.78, 5) is 2.34. The van der Waals surface area contributed by atoms with Crippen LogP contribution >= 0.6 is 0 Å². The van der Waals surface area contributed by atoms with Gasteiger partial charge in [-0.3, -0.25) is 10.00 Å². The first-order valence-electron chi connectivity index (χ1n) is 9.22. The topological polar surface area (TPSA) is 59.6 Å². The van der Waals surface area contributed by atoms with Gasteiger partial charge in [-0.15, -0.1) is 0 Å². The molecule has 0 unspecified atom stereocenters. The van der Waals surface area contributed by atoms with Crippen LogP contribution in [0, 0.1) is 5.82 Å². The minimum atomic E-state index is -0.255. The Morgan fingerprint density at radius 1 is 1.25 bits per heavy atom. The number of aromatic nitrogens is 2. The fraction of sp³-hybridized carbons (Fsp3) is 0.286. The van der Waals surface area contributed by atoms with Crippen LogP contribution in [0.3, 0.4) is 0 Å². The number of methoxy groups -OCH3 is 1. The maximum absolute atomic E-state index is 13.7. The summed E-state index contributed by atoms with van der Waals surface area (Å²) in [5.41, 5.74) is 4.97. The first kappa shape index (κ1) is 17.1. The Morgan fingerprint density at radius 3 is 3.04 bits per heavy atom. The van der Waals surface area contributed by atoms with Gasteiger partial charge in [0, 0.05) is 42.9 Å². The van der Waals surface area contributed by atoms with Crippen LogP contribution in [0.5, 0.6) is 17.2 Å². The van der Waals surface area contributed by atoms with Crippen LogP contribution in [0.2, 0.25) is 0 Å². The zero-order valence-electron chi connectivity index (χ0n) is 15.5. The van der Waals surface area contributed by atoms with E-state index < -0.39 is 0 Å². The molecule has 7 heteroatoms. The number of benzene rings is 2. The summed E-state index contributed by atoms with van der Waals surface area (Å²) in [5, 5.41) is 7.58. The highest BCUT2D eigenvalue weighted by Crippen LogP contribution is 2.42. The van der Waals surface area contributed by atoms with Gasteiger partial charge in [-0.1, -0.05) is 12.1 Å². The number of rotatable bonds is 4. The molecule has 28 heavy (non-hydrogen) atoms. The van der Waals surface area contributed by atoms with Crippen molar-refractivity contribution in [3.05, 3.63) is 59.0 Å². The first-order chi connectivity index (χ1) is 13.7. The molecule has 3 aromatic rings. The van der Waals surface area contributed by atoms with Gasteiger partial charge in [-0.05, 0) is 29.8 Å². The highest BCUT2D eigenvalue weighted by molar-refractivity contribution is 5.64. The maximum Gasteiger partial charge on any atom is 0.231 e. The SMILES string of the molecule is COc1cc(CN2CCc3[nH]nc(-c4cccc(F)c4)c3C2)cc2c1OCO2. The largest absolute Gasteiger partial charge is 0.493 e. The Hall–Kier alpha value is -3.06. The third-order valence-electron chi connectivity index (χ3n) is 5.23. The second-order valence-corrected chi connectivity index (χ2v) is 7.03. The monoisotopic (exact) mass is 381 g/mol. The number of ether oxygens (including phenoxy) is 3. The summed E-state index contributed by atoms with van der Waals surface area (Å²) in [6, 6.07) is 10.6. The maximum atomic E-state index is 13.7. The van der Waals surface area contributed by atoms with Crippen molar-refractivity contribution in [1.82, 2.24) is 15.1 Å². The summed E-state index contributed by atoms with van der Waals surface area (Å²) >= 11 is 0. The lowest BCUT2D eigenvalue weighted by atomic mass is 10.0. The Bertz CT molecular complexity index is 1030. The van der Waals surface area contributed by atoms with Crippen LogP contribution in [0.4, 0.5) is 4.39 Å². The molecule has 144 valence electrons. The number of halogens is 1. The Balaban J connectivity index is 1.40. The lowest BCUT2D eigenvalue weighted by Crippen LogP contribution is -2.30. The van der Waals surface area contributed by atoms with E-state index in [-0.39, 0.29) is 12.6 Å². The molecule has 0 saturated heterocycles. The fourth-order valence-electron chi connectivity index (χ4n) is 3.89. The van der Waals surface area contributed by atoms with Gasteiger partial charge in [0.15, 0.2) is 11.5 Å². The lowest BCUT2D eigenvalue weighted by molar-refractivity contribution is 0.171. The lowest BCUT2D eigenvalue weighted by Gasteiger charge is -2.27. The van der Waals surface area contributed by atoms with Gasteiger partial charge in [-0.25, -0.2) is 4.39 Å². The van der Waals surface area contributed by atoms with Crippen LogP contribution in [-0.4, -0.2) is 35.5 Å². The van der Waals surface area contributed by atoms with Crippen molar-refractivity contribution < 1.29 is 18.6 Å². The van der Waals surface area contributed by atoms with E-state index in [4.69, 9.17) is 14.2 Å². The summed E-state index contributed by atoms with van der Waals surface area (Å²) < 4.78 is 30.1. The van der Waals surface area contributed by atoms with E-state index in [0.717, 1.165) is 59.9 Å². The molecule has 3 heterocycles. The van der Waals surface area contributed by atoms with Crippen molar-refractivity contribution in [3.63, 3.8) is 0 Å². The van der Waals surface area contributed by atoms with E-state index in [1.165, 1.54) is 12.1 Å². The zero-order chi connectivity index (χ0) is 19.1. The Labute approximate surface area is 161 Å². The molecule has 5 rings (SSSR count). The second-order valence-electron chi connectivity index (χ2n) is 7.03. The van der Waals surface area contributed by atoms with Crippen LogP contribution in [0.1, 0.15) is 16.8 Å². The molecule has 2 aliphatic heterocycles. The number of aromatic amines is 1. The molecule has 0 saturated carbocycles. The molecule has 2 aromatic carbocycles. The standard InChI is InChI=1S/C21H20FN3O3/c1-26-18-7-13(8-19-21(18)28-12-27-19)10-25-6-5-17-16(11-25)20(24-23-17)14-3-2-4-15(22)9-14/h2-4,7-9H,5-6,10-12H2,1H3,(H,23,24). The molecule has 2 aliphatic rings. The zero-order valence-corrected chi connectivity index (χ0v) is 15.5. The molecule has 1 aromatic heterocycles. The van der Waals surface area contributed by atoms with Crippen LogP contribution < -0.4 is 14.2 Å². The van der Waals surface area contributed by atoms with Gasteiger partial charge < -0.3 is 14.2 Å². The average molecular weight is 381 g/mol. The van der Waals surface area contributed by atoms with E-state index in [2.05, 4.69) is 15.1 Å². The van der Waals surface area contributed by atoms with Gasteiger partial charge in [0.2, 0.25) is 12.5 Å². The predicted octanol–water partition coefficient (Wildman–Crippen LogP) is 3.51. The van der Waals surface area contributed by atoms with Gasteiger partial charge in [-0.2, -0.15) is 5.10 Å². The minimum absolute atomic E-state index is 0.217. The van der Waals surface area contributed by atoms with Crippen molar-refractivity contribution in [2.24, 2.45) is 0 Å². The van der Waals surface area contributed by atoms with Crippen LogP contribution in [0.25, 0.3) is 11.3 Å². The molecule has 0 radical (unpaired) electrons. The number of nitrogens with zero attached hydrogens (tertiary/aromatic N) is 2. The van der Waals surface area contributed by atoms with Gasteiger partial charge in [0.1, 0.15) is 5.82 Å². The summed E-state index contributed by atoms with van der Waals surface area (Å²) in [6.07, 6.45) is 0.874. The van der Waals surface area contributed by atoms with Crippen molar-refractivity contribution in [2.45, 2.75) is 19.5 Å². The van der Waals surface area contributed by atoms with Crippen LogP contribution in [0.15, 0.2) is 36.4 Å². The molecule has 0 amide bonds. The summed E-state index contributed by atoms with van der Waals surface area (Å²) in [6.45, 7) is 2.62. The van der Waals surface area contributed by atoms with Crippen LogP contribution in [-0.2, 0) is 19.5 Å². The number of H-pyrrole nitrogens is 1. The third kappa shape index (κ3) is 2.97. The third-order valence-corrected chi connectivity index (χ3v) is 5.23. The minimum Gasteiger partial charge on any atom is -0.493 e. The molecule has 1 N–H and O–H groups in total. The molecular formula is C21H20FN3O3. The highest BCUT2D eigenvalue weighted by atomic mass is 19.1. The van der Waals surface area contributed by atoms with E-state index >= 15 is 0 Å². The van der Waals surface area contributed by atoms with Crippen molar-refractivity contribution >= 4 is 0 Å². The Morgan fingerprint density at radius 2 is 2.18 bits per heavy atom. The molecule has 0 atom stereocenters. The van der Waals surface area contributed by atoms with Gasteiger partial charge in [0.05, 0.1) is 12.8 Å². The Kier molecular flexibility index (Phi) is 4.16. The summed E-state index contributed by atoms with van der Waals surface area (Å²) in [5.74, 6) is 1.81. The van der Waals surface area contributed by atoms with Crippen molar-refractivity contribution in [1.29, 1.82) is 0 Å². The number of fused-ring (bicyclic) bond motifs is 2. The van der Waals surface area contributed by atoms with E-state index in [9.17, 15) is 4.39 Å². The normalized spacial score (nSPS) is 15.5. The van der Waals surface area contributed by atoms with Crippen molar-refractivity contribution in [2.75, 3.05) is 20.4 Å². The molecule has 0 bridgehead atoms. The smallest absolute Gasteiger partial charge is 0.231 e.